The van der Waals surface area contributed by atoms with Crippen LogP contribution < -0.4 is 0 Å². The number of carbonyl (C=O) groups is 2. The maximum Gasteiger partial charge on any atom is 0.472 e. The highest BCUT2D eigenvalue weighted by Gasteiger charge is 2.27. The Kier molecular flexibility index (Phi) is 22.5. The Labute approximate surface area is 216 Å². The fourth-order valence-corrected chi connectivity index (χ4v) is 4.13. The zero-order valence-corrected chi connectivity index (χ0v) is 23.1. The van der Waals surface area contributed by atoms with Crippen molar-refractivity contribution in [2.24, 2.45) is 0 Å². The van der Waals surface area contributed by atoms with Crippen molar-refractivity contribution in [3.63, 3.8) is 0 Å². The highest BCUT2D eigenvalue weighted by Crippen LogP contribution is 2.43. The number of unbranched alkanes of at least 4 members (excludes halogenated alkanes) is 11. The van der Waals surface area contributed by atoms with Gasteiger partial charge in [0.2, 0.25) is 0 Å². The zero-order valence-electron chi connectivity index (χ0n) is 22.2. The first-order chi connectivity index (χ1) is 17.2. The molecule has 0 radical (unpaired) electrons. The summed E-state index contributed by atoms with van der Waals surface area (Å²) in [6, 6.07) is 0. The molecule has 0 aromatic carbocycles. The van der Waals surface area contributed by atoms with Gasteiger partial charge >= 0.3 is 19.8 Å². The second-order valence-corrected chi connectivity index (χ2v) is 10.5. The molecule has 3 atom stereocenters. The average Bonchev–Trinajstić information content (AvgIpc) is 2.85. The zero-order chi connectivity index (χ0) is 27.1. The van der Waals surface area contributed by atoms with E-state index in [1.807, 2.05) is 0 Å². The maximum absolute atomic E-state index is 12.3. The van der Waals surface area contributed by atoms with E-state index in [0.717, 1.165) is 38.5 Å². The van der Waals surface area contributed by atoms with Crippen LogP contribution in [0.2, 0.25) is 0 Å². The Morgan fingerprint density at radius 1 is 0.722 bits per heavy atom. The first-order valence-electron chi connectivity index (χ1n) is 13.5. The van der Waals surface area contributed by atoms with Crippen molar-refractivity contribution in [1.82, 2.24) is 0 Å². The maximum atomic E-state index is 12.3. The number of phosphoric ester groups is 1. The third-order valence-electron chi connectivity index (χ3n) is 5.51. The Hall–Kier alpha value is -1.03. The van der Waals surface area contributed by atoms with Gasteiger partial charge in [0.1, 0.15) is 12.7 Å². The van der Waals surface area contributed by atoms with E-state index in [1.54, 1.807) is 0 Å². The van der Waals surface area contributed by atoms with Crippen molar-refractivity contribution < 1.29 is 47.8 Å². The van der Waals surface area contributed by atoms with Crippen molar-refractivity contribution in [1.29, 1.82) is 0 Å². The molecule has 0 heterocycles. The largest absolute Gasteiger partial charge is 0.472 e. The van der Waals surface area contributed by atoms with E-state index in [0.29, 0.717) is 12.8 Å². The highest BCUT2D eigenvalue weighted by molar-refractivity contribution is 7.47. The SMILES string of the molecule is CCCCCCCCCCCC(=O)OC(COC(=O)CCCCCC)COP(=O)(O)OCC(O)CO. The highest BCUT2D eigenvalue weighted by atomic mass is 31.2. The summed E-state index contributed by atoms with van der Waals surface area (Å²) in [4.78, 5) is 34.0. The number of aliphatic hydroxyl groups is 2. The second kappa shape index (κ2) is 23.1. The van der Waals surface area contributed by atoms with Gasteiger partial charge in [-0.2, -0.15) is 0 Å². The predicted octanol–water partition coefficient (Wildman–Crippen LogP) is 4.82. The lowest BCUT2D eigenvalue weighted by atomic mass is 10.1. The third-order valence-corrected chi connectivity index (χ3v) is 6.46. The van der Waals surface area contributed by atoms with Gasteiger partial charge in [-0.05, 0) is 12.8 Å². The van der Waals surface area contributed by atoms with Crippen LogP contribution >= 0.6 is 7.82 Å². The summed E-state index contributed by atoms with van der Waals surface area (Å²) < 4.78 is 32.0. The Morgan fingerprint density at radius 3 is 1.75 bits per heavy atom. The number of carbonyl (C=O) groups excluding carboxylic acids is 2. The molecule has 10 nitrogen and oxygen atoms in total. The van der Waals surface area contributed by atoms with E-state index < -0.39 is 51.8 Å². The van der Waals surface area contributed by atoms with E-state index in [1.165, 1.54) is 32.1 Å². The predicted molar refractivity (Wildman–Crippen MR) is 136 cm³/mol. The van der Waals surface area contributed by atoms with E-state index in [4.69, 9.17) is 19.1 Å². The Morgan fingerprint density at radius 2 is 1.19 bits per heavy atom. The minimum atomic E-state index is -4.58. The summed E-state index contributed by atoms with van der Waals surface area (Å²) in [5, 5.41) is 18.0. The molecule has 0 saturated carbocycles. The van der Waals surface area contributed by atoms with E-state index in [-0.39, 0.29) is 19.4 Å². The van der Waals surface area contributed by atoms with Crippen LogP contribution in [0.15, 0.2) is 0 Å². The first kappa shape index (κ1) is 35.0. The molecule has 0 aliphatic carbocycles. The molecule has 214 valence electrons. The second-order valence-electron chi connectivity index (χ2n) is 9.08. The normalized spacial score (nSPS) is 14.7. The molecule has 0 aromatic rings. The number of aliphatic hydroxyl groups excluding tert-OH is 2. The Balaban J connectivity index is 4.50. The van der Waals surface area contributed by atoms with E-state index >= 15 is 0 Å². The van der Waals surface area contributed by atoms with Gasteiger partial charge in [0.05, 0.1) is 19.8 Å². The van der Waals surface area contributed by atoms with Crippen LogP contribution in [0.3, 0.4) is 0 Å². The van der Waals surface area contributed by atoms with Crippen LogP contribution in [0.25, 0.3) is 0 Å². The third kappa shape index (κ3) is 22.2. The molecule has 0 rings (SSSR count). The number of esters is 2. The van der Waals surface area contributed by atoms with Crippen LogP contribution in [0.5, 0.6) is 0 Å². The monoisotopic (exact) mass is 540 g/mol. The molecule has 0 aliphatic rings. The quantitative estimate of drug-likeness (QED) is 0.0836. The lowest BCUT2D eigenvalue weighted by Crippen LogP contribution is -2.29. The minimum Gasteiger partial charge on any atom is -0.462 e. The summed E-state index contributed by atoms with van der Waals surface area (Å²) in [6.45, 7) is 2.16. The molecule has 0 spiro atoms. The summed E-state index contributed by atoms with van der Waals surface area (Å²) in [7, 11) is -4.58. The van der Waals surface area contributed by atoms with Gasteiger partial charge in [0.15, 0.2) is 6.10 Å². The van der Waals surface area contributed by atoms with Gasteiger partial charge in [-0.25, -0.2) is 4.57 Å². The molecule has 0 aromatic heterocycles. The summed E-state index contributed by atoms with van der Waals surface area (Å²) in [5.41, 5.74) is 0. The average molecular weight is 541 g/mol. The molecule has 11 heteroatoms. The standard InChI is InChI=1S/C25H49O10P/c1-3-5-7-9-10-11-12-13-15-17-25(29)35-23(20-32-24(28)16-14-8-6-4-2)21-34-36(30,31)33-19-22(27)18-26/h22-23,26-27H,3-21H2,1-2H3,(H,30,31). The smallest absolute Gasteiger partial charge is 0.462 e. The molecule has 0 aliphatic heterocycles. The molecule has 0 bridgehead atoms. The number of ether oxygens (including phenoxy) is 2. The van der Waals surface area contributed by atoms with Crippen LogP contribution in [0.4, 0.5) is 0 Å². The van der Waals surface area contributed by atoms with Crippen LogP contribution in [-0.4, -0.2) is 65.7 Å². The van der Waals surface area contributed by atoms with Crippen molar-refractivity contribution in [2.75, 3.05) is 26.4 Å². The number of rotatable bonds is 25. The van der Waals surface area contributed by atoms with Gasteiger partial charge < -0.3 is 24.6 Å². The van der Waals surface area contributed by atoms with Crippen LogP contribution in [0.1, 0.15) is 110 Å². The van der Waals surface area contributed by atoms with Crippen molar-refractivity contribution in [3.05, 3.63) is 0 Å². The summed E-state index contributed by atoms with van der Waals surface area (Å²) in [5.74, 6) is -0.949. The fourth-order valence-electron chi connectivity index (χ4n) is 3.34. The van der Waals surface area contributed by atoms with E-state index in [9.17, 15) is 24.2 Å². The molecule has 0 fully saturated rings. The number of phosphoric acid groups is 1. The molecule has 3 unspecified atom stereocenters. The van der Waals surface area contributed by atoms with Crippen molar-refractivity contribution >= 4 is 19.8 Å². The lowest BCUT2D eigenvalue weighted by Gasteiger charge is -2.20. The summed E-state index contributed by atoms with van der Waals surface area (Å²) in [6.07, 6.45) is 11.6. The van der Waals surface area contributed by atoms with E-state index in [2.05, 4.69) is 18.4 Å². The van der Waals surface area contributed by atoms with Gasteiger partial charge in [-0.1, -0.05) is 84.5 Å². The molecule has 3 N–H and O–H groups in total. The number of hydrogen-bond acceptors (Lipinski definition) is 9. The molecule has 0 saturated heterocycles. The van der Waals surface area contributed by atoms with Crippen molar-refractivity contribution in [2.45, 2.75) is 122 Å². The number of hydrogen-bond donors (Lipinski definition) is 3. The first-order valence-corrected chi connectivity index (χ1v) is 15.0. The molecular weight excluding hydrogens is 491 g/mol. The molecule has 36 heavy (non-hydrogen) atoms. The lowest BCUT2D eigenvalue weighted by molar-refractivity contribution is -0.161. The van der Waals surface area contributed by atoms with Gasteiger partial charge in [0.25, 0.3) is 0 Å². The molecule has 0 amide bonds. The van der Waals surface area contributed by atoms with Gasteiger partial charge in [-0.3, -0.25) is 18.6 Å². The topological polar surface area (TPSA) is 149 Å². The van der Waals surface area contributed by atoms with Crippen molar-refractivity contribution in [3.8, 4) is 0 Å². The van der Waals surface area contributed by atoms with Crippen LogP contribution in [0, 0.1) is 0 Å². The Bertz CT molecular complexity index is 601. The molecular formula is C25H49O10P. The van der Waals surface area contributed by atoms with Crippen LogP contribution in [-0.2, 0) is 32.7 Å². The summed E-state index contributed by atoms with van der Waals surface area (Å²) >= 11 is 0. The fraction of sp³-hybridized carbons (Fsp3) is 0.920. The van der Waals surface area contributed by atoms with Gasteiger partial charge in [-0.15, -0.1) is 0 Å². The van der Waals surface area contributed by atoms with Gasteiger partial charge in [0, 0.05) is 12.8 Å². The minimum absolute atomic E-state index is 0.188.